The van der Waals surface area contributed by atoms with Crippen LogP contribution >= 0.6 is 0 Å². The Kier molecular flexibility index (Phi) is 2.89. The highest BCUT2D eigenvalue weighted by atomic mass is 32.2. The van der Waals surface area contributed by atoms with E-state index in [1.807, 2.05) is 31.2 Å². The standard InChI is InChI=1S/C11H12N2O3S/c1-8-4-2-3-5-10(8)16-7-9-6-13-17(14,15)11(9)12/h2-6H,7,12H2,1H3. The van der Waals surface area contributed by atoms with Crippen LogP contribution in [0.1, 0.15) is 5.56 Å². The Bertz CT molecular complexity index is 603. The van der Waals surface area contributed by atoms with Crippen molar-refractivity contribution in [3.05, 3.63) is 40.4 Å². The molecule has 0 aromatic heterocycles. The van der Waals surface area contributed by atoms with Crippen LogP contribution in [0.15, 0.2) is 39.3 Å². The quantitative estimate of drug-likeness (QED) is 0.868. The molecule has 0 saturated heterocycles. The van der Waals surface area contributed by atoms with E-state index in [4.69, 9.17) is 10.5 Å². The summed E-state index contributed by atoms with van der Waals surface area (Å²) in [7, 11) is -3.64. The van der Waals surface area contributed by atoms with Crippen molar-refractivity contribution in [3.63, 3.8) is 0 Å². The van der Waals surface area contributed by atoms with Crippen LogP contribution in [0.25, 0.3) is 0 Å². The summed E-state index contributed by atoms with van der Waals surface area (Å²) >= 11 is 0. The Morgan fingerprint density at radius 3 is 2.65 bits per heavy atom. The fourth-order valence-corrected chi connectivity index (χ4v) is 2.22. The van der Waals surface area contributed by atoms with Gasteiger partial charge in [-0.25, -0.2) is 0 Å². The second-order valence-electron chi connectivity index (χ2n) is 3.65. The average molecular weight is 252 g/mol. The Hall–Kier alpha value is -1.82. The summed E-state index contributed by atoms with van der Waals surface area (Å²) in [5, 5.41) is -0.230. The minimum atomic E-state index is -3.64. The van der Waals surface area contributed by atoms with E-state index in [0.717, 1.165) is 5.56 Å². The molecule has 1 aliphatic rings. The maximum Gasteiger partial charge on any atom is 0.297 e. The fraction of sp³-hybridized carbons (Fsp3) is 0.182. The third kappa shape index (κ3) is 2.31. The summed E-state index contributed by atoms with van der Waals surface area (Å²) in [4.78, 5) is 0. The molecule has 0 radical (unpaired) electrons. The number of ether oxygens (including phenoxy) is 1. The smallest absolute Gasteiger partial charge is 0.297 e. The number of rotatable bonds is 3. The number of hydrogen-bond donors (Lipinski definition) is 1. The van der Waals surface area contributed by atoms with Gasteiger partial charge in [-0.15, -0.1) is 0 Å². The highest BCUT2D eigenvalue weighted by Gasteiger charge is 2.23. The van der Waals surface area contributed by atoms with Crippen LogP contribution in [0.4, 0.5) is 0 Å². The van der Waals surface area contributed by atoms with E-state index in [-0.39, 0.29) is 11.6 Å². The Morgan fingerprint density at radius 1 is 1.35 bits per heavy atom. The van der Waals surface area contributed by atoms with Crippen LogP contribution in [0.3, 0.4) is 0 Å². The highest BCUT2D eigenvalue weighted by Crippen LogP contribution is 2.19. The largest absolute Gasteiger partial charge is 0.488 e. The Balaban J connectivity index is 2.14. The van der Waals surface area contributed by atoms with Crippen molar-refractivity contribution < 1.29 is 13.2 Å². The second kappa shape index (κ2) is 4.21. The molecule has 0 aliphatic carbocycles. The molecule has 0 saturated carbocycles. The minimum Gasteiger partial charge on any atom is -0.488 e. The molecule has 0 fully saturated rings. The molecule has 17 heavy (non-hydrogen) atoms. The van der Waals surface area contributed by atoms with Crippen LogP contribution in [0, 0.1) is 6.92 Å². The van der Waals surface area contributed by atoms with Crippen molar-refractivity contribution in [2.45, 2.75) is 6.92 Å². The van der Waals surface area contributed by atoms with Gasteiger partial charge in [0.05, 0.1) is 6.21 Å². The van der Waals surface area contributed by atoms with E-state index in [1.165, 1.54) is 6.21 Å². The molecule has 2 rings (SSSR count). The zero-order chi connectivity index (χ0) is 12.5. The molecule has 1 aliphatic heterocycles. The molecule has 0 atom stereocenters. The van der Waals surface area contributed by atoms with Crippen molar-refractivity contribution in [2.24, 2.45) is 10.1 Å². The number of aryl methyl sites for hydroxylation is 1. The number of nitrogens with zero attached hydrogens (tertiary/aromatic N) is 1. The van der Waals surface area contributed by atoms with E-state index in [9.17, 15) is 8.42 Å². The van der Waals surface area contributed by atoms with Gasteiger partial charge in [-0.2, -0.15) is 12.8 Å². The van der Waals surface area contributed by atoms with Gasteiger partial charge >= 0.3 is 0 Å². The third-order valence-corrected chi connectivity index (χ3v) is 3.62. The first-order chi connectivity index (χ1) is 8.00. The third-order valence-electron chi connectivity index (χ3n) is 2.42. The summed E-state index contributed by atoms with van der Waals surface area (Å²) in [5.74, 6) is 0.700. The van der Waals surface area contributed by atoms with Crippen molar-refractivity contribution in [2.75, 3.05) is 6.61 Å². The number of para-hydroxylation sites is 1. The van der Waals surface area contributed by atoms with Gasteiger partial charge in [-0.1, -0.05) is 18.2 Å². The first kappa shape index (κ1) is 11.7. The molecule has 1 heterocycles. The van der Waals surface area contributed by atoms with Crippen molar-refractivity contribution in [1.82, 2.24) is 0 Å². The zero-order valence-electron chi connectivity index (χ0n) is 9.25. The van der Waals surface area contributed by atoms with Crippen LogP contribution in [0.2, 0.25) is 0 Å². The van der Waals surface area contributed by atoms with Gasteiger partial charge < -0.3 is 10.5 Å². The van der Waals surface area contributed by atoms with Crippen LogP contribution < -0.4 is 10.5 Å². The van der Waals surface area contributed by atoms with Crippen molar-refractivity contribution in [1.29, 1.82) is 0 Å². The monoisotopic (exact) mass is 252 g/mol. The molecule has 1 aromatic carbocycles. The van der Waals surface area contributed by atoms with Gasteiger partial charge in [0, 0.05) is 5.57 Å². The van der Waals surface area contributed by atoms with E-state index >= 15 is 0 Å². The van der Waals surface area contributed by atoms with Gasteiger partial charge in [0.25, 0.3) is 10.0 Å². The fourth-order valence-electron chi connectivity index (χ4n) is 1.40. The van der Waals surface area contributed by atoms with Gasteiger partial charge in [0.15, 0.2) is 5.03 Å². The SMILES string of the molecule is Cc1ccccc1OCC1=C(N)S(=O)(=O)N=C1. The lowest BCUT2D eigenvalue weighted by Crippen LogP contribution is -2.12. The predicted molar refractivity (Wildman–Crippen MR) is 65.3 cm³/mol. The molecule has 90 valence electrons. The molecule has 5 nitrogen and oxygen atoms in total. The Morgan fingerprint density at radius 2 is 2.06 bits per heavy atom. The summed E-state index contributed by atoms with van der Waals surface area (Å²) < 4.78 is 31.3. The number of sulfonamides is 1. The summed E-state index contributed by atoms with van der Waals surface area (Å²) in [6.07, 6.45) is 1.23. The molecule has 0 bridgehead atoms. The number of hydrogen-bond acceptors (Lipinski definition) is 4. The Labute approximate surface area is 99.7 Å². The molecule has 2 N–H and O–H groups in total. The summed E-state index contributed by atoms with van der Waals surface area (Å²) in [6, 6.07) is 7.47. The van der Waals surface area contributed by atoms with Crippen LogP contribution in [-0.2, 0) is 10.0 Å². The van der Waals surface area contributed by atoms with E-state index in [1.54, 1.807) is 0 Å². The molecular formula is C11H12N2O3S. The summed E-state index contributed by atoms with van der Waals surface area (Å²) in [6.45, 7) is 2.01. The molecule has 0 amide bonds. The van der Waals surface area contributed by atoms with E-state index < -0.39 is 10.0 Å². The molecule has 6 heteroatoms. The second-order valence-corrected chi connectivity index (χ2v) is 5.25. The predicted octanol–water partition coefficient (Wildman–Crippen LogP) is 0.958. The van der Waals surface area contributed by atoms with Gasteiger partial charge in [0.2, 0.25) is 0 Å². The normalized spacial score (nSPS) is 17.5. The maximum atomic E-state index is 11.2. The van der Waals surface area contributed by atoms with Gasteiger partial charge in [-0.05, 0) is 18.6 Å². The molecule has 0 spiro atoms. The maximum absolute atomic E-state index is 11.2. The van der Waals surface area contributed by atoms with E-state index in [2.05, 4.69) is 4.40 Å². The minimum absolute atomic E-state index is 0.0966. The van der Waals surface area contributed by atoms with Gasteiger partial charge in [0.1, 0.15) is 12.4 Å². The van der Waals surface area contributed by atoms with Crippen LogP contribution in [0.5, 0.6) is 5.75 Å². The van der Waals surface area contributed by atoms with Gasteiger partial charge in [-0.3, -0.25) is 0 Å². The first-order valence-electron chi connectivity index (χ1n) is 4.98. The molecule has 0 unspecified atom stereocenters. The zero-order valence-corrected chi connectivity index (χ0v) is 10.1. The highest BCUT2D eigenvalue weighted by molar-refractivity contribution is 7.94. The lowest BCUT2D eigenvalue weighted by molar-refractivity contribution is 0.355. The molecule has 1 aromatic rings. The lowest BCUT2D eigenvalue weighted by Gasteiger charge is -2.08. The topological polar surface area (TPSA) is 81.8 Å². The number of benzene rings is 1. The van der Waals surface area contributed by atoms with Crippen LogP contribution in [-0.4, -0.2) is 21.2 Å². The number of nitrogens with two attached hydrogens (primary N) is 1. The average Bonchev–Trinajstić information content (AvgIpc) is 2.54. The molecular weight excluding hydrogens is 240 g/mol. The van der Waals surface area contributed by atoms with E-state index in [0.29, 0.717) is 11.3 Å². The lowest BCUT2D eigenvalue weighted by atomic mass is 10.2. The summed E-state index contributed by atoms with van der Waals surface area (Å²) in [5.41, 5.74) is 6.80. The van der Waals surface area contributed by atoms with Crippen molar-refractivity contribution in [3.8, 4) is 5.75 Å². The van der Waals surface area contributed by atoms with Crippen molar-refractivity contribution >= 4 is 16.2 Å². The first-order valence-corrected chi connectivity index (χ1v) is 6.42.